The Balaban J connectivity index is 2.81. The molecule has 3 heteroatoms. The van der Waals surface area contributed by atoms with Crippen molar-refractivity contribution in [2.24, 2.45) is 4.99 Å². The van der Waals surface area contributed by atoms with Crippen molar-refractivity contribution in [3.63, 3.8) is 0 Å². The third-order valence-electron chi connectivity index (χ3n) is 1.57. The molecule has 0 fully saturated rings. The maximum atomic E-state index is 9.42. The first-order valence-electron chi connectivity index (χ1n) is 4.22. The number of hydrogen-bond acceptors (Lipinski definition) is 2. The van der Waals surface area contributed by atoms with Gasteiger partial charge in [0.2, 0.25) is 0 Å². The minimum Gasteiger partial charge on any atom is -0.507 e. The molecular weight excluding hydrogens is 230 g/mol. The lowest BCUT2D eigenvalue weighted by Gasteiger charge is -1.98. The van der Waals surface area contributed by atoms with Crippen molar-refractivity contribution in [3.05, 3.63) is 28.2 Å². The third kappa shape index (κ3) is 3.19. The molecule has 0 bridgehead atoms. The van der Waals surface area contributed by atoms with Gasteiger partial charge < -0.3 is 5.11 Å². The van der Waals surface area contributed by atoms with E-state index in [-0.39, 0.29) is 5.75 Å². The highest BCUT2D eigenvalue weighted by Gasteiger charge is 1.97. The highest BCUT2D eigenvalue weighted by molar-refractivity contribution is 9.10. The molecule has 70 valence electrons. The van der Waals surface area contributed by atoms with Crippen LogP contribution in [-0.4, -0.2) is 17.9 Å². The van der Waals surface area contributed by atoms with Crippen molar-refractivity contribution >= 4 is 22.1 Å². The molecule has 0 amide bonds. The molecule has 0 aliphatic rings. The Morgan fingerprint density at radius 2 is 2.31 bits per heavy atom. The lowest BCUT2D eigenvalue weighted by atomic mass is 10.2. The fraction of sp³-hybridized carbons (Fsp3) is 0.300. The minimum atomic E-state index is 0.267. The number of phenolic OH excluding ortho intramolecular Hbond substituents is 1. The lowest BCUT2D eigenvalue weighted by Crippen LogP contribution is -1.84. The van der Waals surface area contributed by atoms with Crippen LogP contribution in [0.5, 0.6) is 5.75 Å². The van der Waals surface area contributed by atoms with Crippen LogP contribution in [0.3, 0.4) is 0 Å². The fourth-order valence-electron chi connectivity index (χ4n) is 0.921. The van der Waals surface area contributed by atoms with Gasteiger partial charge in [-0.15, -0.1) is 0 Å². The number of phenols is 1. The second-order valence-electron chi connectivity index (χ2n) is 2.74. The predicted octanol–water partition coefficient (Wildman–Crippen LogP) is 2.98. The molecule has 0 aliphatic carbocycles. The van der Waals surface area contributed by atoms with Gasteiger partial charge in [-0.3, -0.25) is 4.99 Å². The largest absolute Gasteiger partial charge is 0.507 e. The van der Waals surface area contributed by atoms with E-state index >= 15 is 0 Å². The van der Waals surface area contributed by atoms with Crippen molar-refractivity contribution in [1.29, 1.82) is 0 Å². The molecule has 0 saturated heterocycles. The molecule has 0 unspecified atom stereocenters. The topological polar surface area (TPSA) is 32.6 Å². The molecule has 0 aliphatic heterocycles. The summed E-state index contributed by atoms with van der Waals surface area (Å²) in [4.78, 5) is 4.16. The fourth-order valence-corrected chi connectivity index (χ4v) is 1.30. The number of nitrogens with zero attached hydrogens (tertiary/aromatic N) is 1. The number of halogens is 1. The summed E-state index contributed by atoms with van der Waals surface area (Å²) in [7, 11) is 0. The zero-order valence-corrected chi connectivity index (χ0v) is 9.08. The standard InChI is InChI=1S/C10H12BrNO/c1-2-5-12-7-8-6-9(11)3-4-10(8)13/h3-4,6-7,13H,2,5H2,1H3. The van der Waals surface area contributed by atoms with Crippen LogP contribution >= 0.6 is 15.9 Å². The molecule has 0 heterocycles. The highest BCUT2D eigenvalue weighted by atomic mass is 79.9. The van der Waals surface area contributed by atoms with Gasteiger partial charge in [-0.25, -0.2) is 0 Å². The Labute approximate surface area is 86.4 Å². The summed E-state index contributed by atoms with van der Waals surface area (Å²) < 4.78 is 0.947. The second kappa shape index (κ2) is 5.02. The van der Waals surface area contributed by atoms with Gasteiger partial charge in [-0.05, 0) is 24.6 Å². The molecule has 1 N–H and O–H groups in total. The third-order valence-corrected chi connectivity index (χ3v) is 2.07. The van der Waals surface area contributed by atoms with Gasteiger partial charge in [0.15, 0.2) is 0 Å². The molecule has 1 aromatic carbocycles. The van der Waals surface area contributed by atoms with E-state index in [2.05, 4.69) is 27.8 Å². The van der Waals surface area contributed by atoms with Crippen LogP contribution in [0.2, 0.25) is 0 Å². The first-order chi connectivity index (χ1) is 6.24. The van der Waals surface area contributed by atoms with Crippen LogP contribution in [0.1, 0.15) is 18.9 Å². The van der Waals surface area contributed by atoms with Crippen molar-refractivity contribution < 1.29 is 5.11 Å². The minimum absolute atomic E-state index is 0.267. The number of aromatic hydroxyl groups is 1. The maximum absolute atomic E-state index is 9.42. The van der Waals surface area contributed by atoms with E-state index in [0.29, 0.717) is 0 Å². The van der Waals surface area contributed by atoms with E-state index in [1.807, 2.05) is 6.07 Å². The molecule has 0 atom stereocenters. The van der Waals surface area contributed by atoms with Crippen molar-refractivity contribution in [1.82, 2.24) is 0 Å². The Kier molecular flexibility index (Phi) is 3.96. The predicted molar refractivity (Wildman–Crippen MR) is 58.6 cm³/mol. The highest BCUT2D eigenvalue weighted by Crippen LogP contribution is 2.19. The Hall–Kier alpha value is -0.830. The van der Waals surface area contributed by atoms with Crippen LogP contribution in [0, 0.1) is 0 Å². The Morgan fingerprint density at radius 1 is 1.54 bits per heavy atom. The van der Waals surface area contributed by atoms with Crippen molar-refractivity contribution in [3.8, 4) is 5.75 Å². The van der Waals surface area contributed by atoms with Gasteiger partial charge in [-0.2, -0.15) is 0 Å². The molecule has 1 rings (SSSR count). The van der Waals surface area contributed by atoms with Crippen LogP contribution < -0.4 is 0 Å². The average molecular weight is 242 g/mol. The van der Waals surface area contributed by atoms with Gasteiger partial charge in [0.05, 0.1) is 0 Å². The van der Waals surface area contributed by atoms with Gasteiger partial charge in [0.1, 0.15) is 5.75 Å². The molecule has 0 saturated carbocycles. The zero-order chi connectivity index (χ0) is 9.68. The molecule has 0 aromatic heterocycles. The number of rotatable bonds is 3. The summed E-state index contributed by atoms with van der Waals surface area (Å²) in [6.07, 6.45) is 2.72. The van der Waals surface area contributed by atoms with E-state index < -0.39 is 0 Å². The van der Waals surface area contributed by atoms with E-state index in [4.69, 9.17) is 0 Å². The van der Waals surface area contributed by atoms with E-state index in [0.717, 1.165) is 23.0 Å². The summed E-state index contributed by atoms with van der Waals surface area (Å²) in [5.74, 6) is 0.267. The maximum Gasteiger partial charge on any atom is 0.124 e. The van der Waals surface area contributed by atoms with Crippen LogP contribution in [0.25, 0.3) is 0 Å². The van der Waals surface area contributed by atoms with Crippen molar-refractivity contribution in [2.75, 3.05) is 6.54 Å². The molecule has 0 spiro atoms. The van der Waals surface area contributed by atoms with E-state index in [1.165, 1.54) is 0 Å². The van der Waals surface area contributed by atoms with Gasteiger partial charge in [-0.1, -0.05) is 22.9 Å². The number of benzene rings is 1. The van der Waals surface area contributed by atoms with Crippen LogP contribution in [0.15, 0.2) is 27.7 Å². The number of aliphatic imine (C=N–C) groups is 1. The Morgan fingerprint density at radius 3 is 3.00 bits per heavy atom. The SMILES string of the molecule is CCCN=Cc1cc(Br)ccc1O. The molecule has 2 nitrogen and oxygen atoms in total. The summed E-state index contributed by atoms with van der Waals surface area (Å²) >= 11 is 3.33. The van der Waals surface area contributed by atoms with E-state index in [9.17, 15) is 5.11 Å². The Bertz CT molecular complexity index is 310. The van der Waals surface area contributed by atoms with E-state index in [1.54, 1.807) is 18.3 Å². The number of hydrogen-bond donors (Lipinski definition) is 1. The lowest BCUT2D eigenvalue weighted by molar-refractivity contribution is 0.474. The molecule has 0 radical (unpaired) electrons. The average Bonchev–Trinajstić information content (AvgIpc) is 2.11. The summed E-state index contributed by atoms with van der Waals surface area (Å²) in [6.45, 7) is 2.87. The smallest absolute Gasteiger partial charge is 0.124 e. The van der Waals surface area contributed by atoms with Gasteiger partial charge in [0.25, 0.3) is 0 Å². The second-order valence-corrected chi connectivity index (χ2v) is 3.65. The molecule has 13 heavy (non-hydrogen) atoms. The summed E-state index contributed by atoms with van der Waals surface area (Å²) in [6, 6.07) is 5.29. The first kappa shape index (κ1) is 10.3. The first-order valence-corrected chi connectivity index (χ1v) is 5.01. The van der Waals surface area contributed by atoms with Crippen LogP contribution in [0.4, 0.5) is 0 Å². The van der Waals surface area contributed by atoms with Gasteiger partial charge >= 0.3 is 0 Å². The molecular formula is C10H12BrNO. The zero-order valence-electron chi connectivity index (χ0n) is 7.50. The summed E-state index contributed by atoms with van der Waals surface area (Å²) in [5.41, 5.74) is 0.753. The van der Waals surface area contributed by atoms with Crippen molar-refractivity contribution in [2.45, 2.75) is 13.3 Å². The normalized spacial score (nSPS) is 10.9. The van der Waals surface area contributed by atoms with Crippen LogP contribution in [-0.2, 0) is 0 Å². The molecule has 1 aromatic rings. The summed E-state index contributed by atoms with van der Waals surface area (Å²) in [5, 5.41) is 9.42. The monoisotopic (exact) mass is 241 g/mol. The van der Waals surface area contributed by atoms with Gasteiger partial charge in [0, 0.05) is 22.8 Å². The quantitative estimate of drug-likeness (QED) is 0.812.